The molecular formula is C20H19BrClNO6. The minimum absolute atomic E-state index is 0.0782. The Labute approximate surface area is 181 Å². The highest BCUT2D eigenvalue weighted by Crippen LogP contribution is 2.32. The van der Waals surface area contributed by atoms with Crippen LogP contribution >= 0.6 is 27.5 Å². The van der Waals surface area contributed by atoms with Gasteiger partial charge < -0.3 is 19.5 Å². The standard InChI is InChI=1S/C20H19BrClNO6/c1-27-16-7-5-4-6-11(16)10-23-18(24)13-8-14(21)15(22)9-12(13)17(19(25)28-2)20(26)29-3/h4-9,17H,10H2,1-3H3,(H,23,24). The molecule has 0 fully saturated rings. The minimum Gasteiger partial charge on any atom is -0.496 e. The van der Waals surface area contributed by atoms with Gasteiger partial charge in [0, 0.05) is 22.1 Å². The molecule has 9 heteroatoms. The summed E-state index contributed by atoms with van der Waals surface area (Å²) in [6, 6.07) is 10.0. The number of ether oxygens (including phenoxy) is 3. The van der Waals surface area contributed by atoms with Gasteiger partial charge in [0.2, 0.25) is 0 Å². The van der Waals surface area contributed by atoms with Gasteiger partial charge in [0.05, 0.1) is 26.4 Å². The normalized spacial score (nSPS) is 10.4. The largest absolute Gasteiger partial charge is 0.496 e. The van der Waals surface area contributed by atoms with Crippen molar-refractivity contribution in [1.29, 1.82) is 0 Å². The second kappa shape index (κ2) is 10.3. The second-order valence-electron chi connectivity index (χ2n) is 5.83. The van der Waals surface area contributed by atoms with E-state index < -0.39 is 23.8 Å². The van der Waals surface area contributed by atoms with Gasteiger partial charge in [0.25, 0.3) is 5.91 Å². The van der Waals surface area contributed by atoms with Gasteiger partial charge in [-0.15, -0.1) is 0 Å². The number of benzene rings is 2. The average Bonchev–Trinajstić information content (AvgIpc) is 2.74. The van der Waals surface area contributed by atoms with Gasteiger partial charge in [-0.2, -0.15) is 0 Å². The Bertz CT molecular complexity index is 917. The molecule has 0 saturated heterocycles. The highest BCUT2D eigenvalue weighted by atomic mass is 79.9. The Kier molecular flexibility index (Phi) is 8.04. The molecule has 0 aliphatic rings. The Morgan fingerprint density at radius 3 is 2.28 bits per heavy atom. The first-order chi connectivity index (χ1) is 13.8. The van der Waals surface area contributed by atoms with Crippen molar-refractivity contribution in [3.63, 3.8) is 0 Å². The lowest BCUT2D eigenvalue weighted by Gasteiger charge is -2.18. The molecule has 0 radical (unpaired) electrons. The summed E-state index contributed by atoms with van der Waals surface area (Å²) in [7, 11) is 3.81. The number of esters is 2. The number of nitrogens with one attached hydrogen (secondary N) is 1. The summed E-state index contributed by atoms with van der Waals surface area (Å²) in [5.74, 6) is -3.08. The molecule has 0 aromatic heterocycles. The highest BCUT2D eigenvalue weighted by molar-refractivity contribution is 9.10. The van der Waals surface area contributed by atoms with E-state index in [1.807, 2.05) is 18.2 Å². The van der Waals surface area contributed by atoms with Crippen molar-refractivity contribution in [3.05, 3.63) is 62.6 Å². The Morgan fingerprint density at radius 1 is 1.07 bits per heavy atom. The van der Waals surface area contributed by atoms with Crippen LogP contribution in [-0.4, -0.2) is 39.2 Å². The number of amides is 1. The van der Waals surface area contributed by atoms with Crippen molar-refractivity contribution in [2.24, 2.45) is 0 Å². The SMILES string of the molecule is COC(=O)C(C(=O)OC)c1cc(Cl)c(Br)cc1C(=O)NCc1ccccc1OC. The smallest absolute Gasteiger partial charge is 0.324 e. The molecule has 2 aromatic rings. The van der Waals surface area contributed by atoms with Gasteiger partial charge in [-0.3, -0.25) is 14.4 Å². The van der Waals surface area contributed by atoms with Crippen molar-refractivity contribution >= 4 is 45.4 Å². The lowest BCUT2D eigenvalue weighted by molar-refractivity contribution is -0.154. The molecule has 1 N–H and O–H groups in total. The fourth-order valence-electron chi connectivity index (χ4n) is 2.70. The molecule has 2 aromatic carbocycles. The number of hydrogen-bond donors (Lipinski definition) is 1. The second-order valence-corrected chi connectivity index (χ2v) is 7.09. The fourth-order valence-corrected chi connectivity index (χ4v) is 3.22. The van der Waals surface area contributed by atoms with Crippen molar-refractivity contribution in [1.82, 2.24) is 5.32 Å². The molecule has 29 heavy (non-hydrogen) atoms. The number of para-hydroxylation sites is 1. The number of halogens is 2. The van der Waals surface area contributed by atoms with Crippen LogP contribution in [0.25, 0.3) is 0 Å². The van der Waals surface area contributed by atoms with Crippen LogP contribution in [0.3, 0.4) is 0 Å². The molecule has 1 amide bonds. The molecule has 154 valence electrons. The molecule has 0 aliphatic carbocycles. The van der Waals surface area contributed by atoms with Crippen molar-refractivity contribution < 1.29 is 28.6 Å². The van der Waals surface area contributed by atoms with Crippen LogP contribution in [0, 0.1) is 0 Å². The van der Waals surface area contributed by atoms with E-state index >= 15 is 0 Å². The first kappa shape index (κ1) is 22.7. The summed E-state index contributed by atoms with van der Waals surface area (Å²) < 4.78 is 15.1. The van der Waals surface area contributed by atoms with E-state index in [2.05, 4.69) is 21.2 Å². The van der Waals surface area contributed by atoms with Gasteiger partial charge in [0.1, 0.15) is 5.75 Å². The van der Waals surface area contributed by atoms with E-state index in [9.17, 15) is 14.4 Å². The molecule has 0 heterocycles. The van der Waals surface area contributed by atoms with Crippen molar-refractivity contribution in [2.75, 3.05) is 21.3 Å². The molecule has 0 bridgehead atoms. The number of carbonyl (C=O) groups excluding carboxylic acids is 3. The maximum Gasteiger partial charge on any atom is 0.324 e. The number of carbonyl (C=O) groups is 3. The van der Waals surface area contributed by atoms with Gasteiger partial charge in [-0.25, -0.2) is 0 Å². The van der Waals surface area contributed by atoms with Gasteiger partial charge in [0.15, 0.2) is 5.92 Å². The predicted molar refractivity (Wildman–Crippen MR) is 110 cm³/mol. The first-order valence-electron chi connectivity index (χ1n) is 8.38. The zero-order valence-corrected chi connectivity index (χ0v) is 18.3. The monoisotopic (exact) mass is 483 g/mol. The van der Waals surface area contributed by atoms with Crippen LogP contribution in [0.15, 0.2) is 40.9 Å². The summed E-state index contributed by atoms with van der Waals surface area (Å²) >= 11 is 9.40. The maximum atomic E-state index is 12.9. The average molecular weight is 485 g/mol. The summed E-state index contributed by atoms with van der Waals surface area (Å²) in [5.41, 5.74) is 0.918. The third kappa shape index (κ3) is 5.27. The van der Waals surface area contributed by atoms with E-state index in [1.165, 1.54) is 19.2 Å². The molecule has 0 spiro atoms. The number of rotatable bonds is 7. The summed E-state index contributed by atoms with van der Waals surface area (Å²) in [6.07, 6.45) is 0. The van der Waals surface area contributed by atoms with E-state index in [4.69, 9.17) is 25.8 Å². The molecule has 0 unspecified atom stereocenters. The van der Waals surface area contributed by atoms with Crippen LogP contribution in [0.5, 0.6) is 5.75 Å². The quantitative estimate of drug-likeness (QED) is 0.478. The van der Waals surface area contributed by atoms with Crippen LogP contribution < -0.4 is 10.1 Å². The number of hydrogen-bond acceptors (Lipinski definition) is 6. The lowest BCUT2D eigenvalue weighted by atomic mass is 9.93. The van der Waals surface area contributed by atoms with Gasteiger partial charge >= 0.3 is 11.9 Å². The fraction of sp³-hybridized carbons (Fsp3) is 0.250. The van der Waals surface area contributed by atoms with Crippen LogP contribution in [0.2, 0.25) is 5.02 Å². The van der Waals surface area contributed by atoms with E-state index in [-0.39, 0.29) is 22.7 Å². The van der Waals surface area contributed by atoms with Crippen molar-refractivity contribution in [3.8, 4) is 5.75 Å². The third-order valence-corrected chi connectivity index (χ3v) is 5.35. The van der Waals surface area contributed by atoms with Crippen LogP contribution in [0.4, 0.5) is 0 Å². The van der Waals surface area contributed by atoms with Crippen LogP contribution in [-0.2, 0) is 25.6 Å². The predicted octanol–water partition coefficient (Wildman–Crippen LogP) is 3.47. The molecular weight excluding hydrogens is 466 g/mol. The zero-order valence-electron chi connectivity index (χ0n) is 16.0. The zero-order chi connectivity index (χ0) is 21.6. The first-order valence-corrected chi connectivity index (χ1v) is 9.55. The molecule has 0 atom stereocenters. The maximum absolute atomic E-state index is 12.9. The number of methoxy groups -OCH3 is 3. The van der Waals surface area contributed by atoms with Crippen LogP contribution in [0.1, 0.15) is 27.4 Å². The summed E-state index contributed by atoms with van der Waals surface area (Å²) in [4.78, 5) is 37.3. The summed E-state index contributed by atoms with van der Waals surface area (Å²) in [6.45, 7) is 0.170. The van der Waals surface area contributed by atoms with E-state index in [0.717, 1.165) is 19.8 Å². The molecule has 2 rings (SSSR count). The Balaban J connectivity index is 2.42. The van der Waals surface area contributed by atoms with Gasteiger partial charge in [-0.05, 0) is 39.7 Å². The third-order valence-electron chi connectivity index (χ3n) is 4.15. The van der Waals surface area contributed by atoms with E-state index in [0.29, 0.717) is 10.2 Å². The van der Waals surface area contributed by atoms with E-state index in [1.54, 1.807) is 6.07 Å². The van der Waals surface area contributed by atoms with Crippen molar-refractivity contribution in [2.45, 2.75) is 12.5 Å². The minimum atomic E-state index is -1.46. The summed E-state index contributed by atoms with van der Waals surface area (Å²) in [5, 5.41) is 2.98. The topological polar surface area (TPSA) is 90.9 Å². The molecule has 7 nitrogen and oxygen atoms in total. The molecule has 0 saturated carbocycles. The lowest BCUT2D eigenvalue weighted by Crippen LogP contribution is -2.30. The van der Waals surface area contributed by atoms with Gasteiger partial charge in [-0.1, -0.05) is 29.8 Å². The molecule has 0 aliphatic heterocycles. The Morgan fingerprint density at radius 2 is 1.69 bits per heavy atom. The Hall–Kier alpha value is -2.58. The highest BCUT2D eigenvalue weighted by Gasteiger charge is 2.34.